The van der Waals surface area contributed by atoms with E-state index in [2.05, 4.69) is 38.2 Å². The number of nitrogens with zero attached hydrogens (tertiary/aromatic N) is 4. The number of piperazine rings is 1. The van der Waals surface area contributed by atoms with Gasteiger partial charge >= 0.3 is 0 Å². The molecule has 33 heavy (non-hydrogen) atoms. The Labute approximate surface area is 195 Å². The standard InChI is InChI=1S/C26H33N5O2/c1-18-27-16-24(33-18)21-7-8-22-15-28-25(14-23(22)13-21)29-26(32)20-5-3-19(4-6-20)17-31-11-9-30(2)10-12-31/h7-8,13-16,19-20H,3-6,9-12,17H2,1-2H3,(H,28,29,32). The van der Waals surface area contributed by atoms with Gasteiger partial charge < -0.3 is 19.5 Å². The maximum Gasteiger partial charge on any atom is 0.228 e. The number of pyridine rings is 1. The van der Waals surface area contributed by atoms with E-state index >= 15 is 0 Å². The minimum atomic E-state index is 0.0785. The molecular formula is C26H33N5O2. The van der Waals surface area contributed by atoms with Crippen LogP contribution >= 0.6 is 0 Å². The molecule has 0 bridgehead atoms. The third-order valence-electron chi connectivity index (χ3n) is 7.21. The van der Waals surface area contributed by atoms with Crippen LogP contribution in [0.15, 0.2) is 41.1 Å². The van der Waals surface area contributed by atoms with Crippen LogP contribution in [0.2, 0.25) is 0 Å². The maximum absolute atomic E-state index is 12.9. The van der Waals surface area contributed by atoms with Crippen LogP contribution in [0.3, 0.4) is 0 Å². The number of aromatic nitrogens is 2. The zero-order chi connectivity index (χ0) is 22.8. The van der Waals surface area contributed by atoms with Crippen molar-refractivity contribution in [1.29, 1.82) is 0 Å². The van der Waals surface area contributed by atoms with Crippen LogP contribution < -0.4 is 5.32 Å². The Morgan fingerprint density at radius 3 is 2.55 bits per heavy atom. The normalized spacial score (nSPS) is 22.5. The van der Waals surface area contributed by atoms with Crippen LogP contribution in [0.1, 0.15) is 31.6 Å². The lowest BCUT2D eigenvalue weighted by atomic mass is 9.81. The first-order valence-electron chi connectivity index (χ1n) is 12.1. The Morgan fingerprint density at radius 2 is 1.82 bits per heavy atom. The lowest BCUT2D eigenvalue weighted by Crippen LogP contribution is -2.46. The van der Waals surface area contributed by atoms with Gasteiger partial charge in [-0.2, -0.15) is 0 Å². The lowest BCUT2D eigenvalue weighted by molar-refractivity contribution is -0.121. The predicted molar refractivity (Wildman–Crippen MR) is 130 cm³/mol. The van der Waals surface area contributed by atoms with E-state index in [1.807, 2.05) is 31.3 Å². The molecule has 1 aliphatic heterocycles. The van der Waals surface area contributed by atoms with Crippen LogP contribution in [-0.4, -0.2) is 65.4 Å². The van der Waals surface area contributed by atoms with Crippen molar-refractivity contribution in [3.63, 3.8) is 0 Å². The summed E-state index contributed by atoms with van der Waals surface area (Å²) < 4.78 is 5.65. The Bertz CT molecular complexity index is 1110. The molecule has 0 unspecified atom stereocenters. The van der Waals surface area contributed by atoms with E-state index < -0.39 is 0 Å². The largest absolute Gasteiger partial charge is 0.441 e. The number of amides is 1. The third kappa shape index (κ3) is 5.25. The molecule has 0 radical (unpaired) electrons. The molecule has 5 rings (SSSR count). The number of anilines is 1. The smallest absolute Gasteiger partial charge is 0.228 e. The van der Waals surface area contributed by atoms with E-state index in [1.165, 1.54) is 19.6 Å². The number of fused-ring (bicyclic) bond motifs is 1. The van der Waals surface area contributed by atoms with Crippen molar-refractivity contribution in [1.82, 2.24) is 19.8 Å². The highest BCUT2D eigenvalue weighted by molar-refractivity contribution is 5.94. The van der Waals surface area contributed by atoms with Crippen molar-refractivity contribution in [3.8, 4) is 11.3 Å². The van der Waals surface area contributed by atoms with Gasteiger partial charge in [-0.3, -0.25) is 4.79 Å². The molecule has 174 valence electrons. The number of hydrogen-bond donors (Lipinski definition) is 1. The first kappa shape index (κ1) is 22.0. The molecule has 0 spiro atoms. The van der Waals surface area contributed by atoms with E-state index in [9.17, 15) is 4.79 Å². The fourth-order valence-corrected chi connectivity index (χ4v) is 5.09. The molecule has 0 atom stereocenters. The SMILES string of the molecule is Cc1ncc(-c2ccc3cnc(NC(=O)C4CCC(CN5CCN(C)CC5)CC4)cc3c2)o1. The molecule has 1 N–H and O–H groups in total. The number of rotatable bonds is 5. The summed E-state index contributed by atoms with van der Waals surface area (Å²) in [6, 6.07) is 8.01. The Balaban J connectivity index is 1.18. The van der Waals surface area contributed by atoms with Crippen molar-refractivity contribution >= 4 is 22.5 Å². The highest BCUT2D eigenvalue weighted by Gasteiger charge is 2.28. The second-order valence-corrected chi connectivity index (χ2v) is 9.69. The molecule has 1 aromatic carbocycles. The maximum atomic E-state index is 12.9. The van der Waals surface area contributed by atoms with Gasteiger partial charge in [-0.25, -0.2) is 9.97 Å². The van der Waals surface area contributed by atoms with E-state index in [0.717, 1.165) is 66.8 Å². The second kappa shape index (κ2) is 9.61. The van der Waals surface area contributed by atoms with Gasteiger partial charge in [0, 0.05) is 62.7 Å². The van der Waals surface area contributed by atoms with Crippen molar-refractivity contribution < 1.29 is 9.21 Å². The minimum Gasteiger partial charge on any atom is -0.441 e. The Hall–Kier alpha value is -2.77. The highest BCUT2D eigenvalue weighted by Crippen LogP contribution is 2.31. The Morgan fingerprint density at radius 1 is 1.03 bits per heavy atom. The van der Waals surface area contributed by atoms with Gasteiger partial charge in [0.15, 0.2) is 11.7 Å². The van der Waals surface area contributed by atoms with Gasteiger partial charge in [0.1, 0.15) is 5.82 Å². The summed E-state index contributed by atoms with van der Waals surface area (Å²) in [5, 5.41) is 5.11. The number of likely N-dealkylation sites (N-methyl/N-ethyl adjacent to an activating group) is 1. The topological polar surface area (TPSA) is 74.5 Å². The molecule has 1 saturated heterocycles. The number of aryl methyl sites for hydroxylation is 1. The van der Waals surface area contributed by atoms with Gasteiger partial charge in [-0.05, 0) is 56.2 Å². The summed E-state index contributed by atoms with van der Waals surface area (Å²) in [6.45, 7) is 7.68. The molecule has 7 heteroatoms. The van der Waals surface area contributed by atoms with Crippen LogP contribution in [0.25, 0.3) is 22.1 Å². The fourth-order valence-electron chi connectivity index (χ4n) is 5.09. The summed E-state index contributed by atoms with van der Waals surface area (Å²) in [4.78, 5) is 26.6. The zero-order valence-corrected chi connectivity index (χ0v) is 19.6. The first-order chi connectivity index (χ1) is 16.0. The summed E-state index contributed by atoms with van der Waals surface area (Å²) in [5.74, 6) is 2.89. The minimum absolute atomic E-state index is 0.0785. The number of oxazole rings is 1. The molecule has 3 aromatic rings. The Kier molecular flexibility index (Phi) is 6.42. The molecule has 7 nitrogen and oxygen atoms in total. The first-order valence-corrected chi connectivity index (χ1v) is 12.1. The van der Waals surface area contributed by atoms with Crippen LogP contribution in [0, 0.1) is 18.8 Å². The molecule has 1 amide bonds. The molecule has 2 aliphatic rings. The molecule has 3 heterocycles. The summed E-state index contributed by atoms with van der Waals surface area (Å²) in [5.41, 5.74) is 0.963. The second-order valence-electron chi connectivity index (χ2n) is 9.69. The van der Waals surface area contributed by atoms with Gasteiger partial charge in [-0.15, -0.1) is 0 Å². The van der Waals surface area contributed by atoms with Gasteiger partial charge in [0.05, 0.1) is 6.20 Å². The molecular weight excluding hydrogens is 414 g/mol. The van der Waals surface area contributed by atoms with E-state index in [-0.39, 0.29) is 11.8 Å². The van der Waals surface area contributed by atoms with E-state index in [4.69, 9.17) is 4.42 Å². The molecule has 2 fully saturated rings. The number of benzene rings is 1. The highest BCUT2D eigenvalue weighted by atomic mass is 16.4. The van der Waals surface area contributed by atoms with Crippen LogP contribution in [-0.2, 0) is 4.79 Å². The van der Waals surface area contributed by atoms with Crippen molar-refractivity contribution in [2.75, 3.05) is 45.1 Å². The van der Waals surface area contributed by atoms with Crippen LogP contribution in [0.4, 0.5) is 5.82 Å². The predicted octanol–water partition coefficient (Wildman–Crippen LogP) is 4.19. The zero-order valence-electron chi connectivity index (χ0n) is 19.6. The van der Waals surface area contributed by atoms with Crippen molar-refractivity contribution in [3.05, 3.63) is 42.5 Å². The molecule has 1 aliphatic carbocycles. The van der Waals surface area contributed by atoms with E-state index in [1.54, 1.807) is 6.20 Å². The number of carbonyl (C=O) groups excluding carboxylic acids is 1. The number of carbonyl (C=O) groups is 1. The van der Waals surface area contributed by atoms with Gasteiger partial charge in [-0.1, -0.05) is 12.1 Å². The van der Waals surface area contributed by atoms with E-state index in [0.29, 0.717) is 11.7 Å². The lowest BCUT2D eigenvalue weighted by Gasteiger charge is -2.36. The summed E-state index contributed by atoms with van der Waals surface area (Å²) in [6.07, 6.45) is 7.75. The average Bonchev–Trinajstić information content (AvgIpc) is 3.27. The summed E-state index contributed by atoms with van der Waals surface area (Å²) in [7, 11) is 2.20. The van der Waals surface area contributed by atoms with Gasteiger partial charge in [0.25, 0.3) is 0 Å². The fraction of sp³-hybridized carbons (Fsp3) is 0.500. The molecule has 2 aromatic heterocycles. The number of nitrogens with one attached hydrogen (secondary N) is 1. The quantitative estimate of drug-likeness (QED) is 0.632. The van der Waals surface area contributed by atoms with Crippen molar-refractivity contribution in [2.24, 2.45) is 11.8 Å². The summed E-state index contributed by atoms with van der Waals surface area (Å²) >= 11 is 0. The third-order valence-corrected chi connectivity index (χ3v) is 7.21. The molecule has 1 saturated carbocycles. The monoisotopic (exact) mass is 447 g/mol. The average molecular weight is 448 g/mol. The van der Waals surface area contributed by atoms with Gasteiger partial charge in [0.2, 0.25) is 5.91 Å². The van der Waals surface area contributed by atoms with Crippen molar-refractivity contribution in [2.45, 2.75) is 32.6 Å². The number of hydrogen-bond acceptors (Lipinski definition) is 6. The van der Waals surface area contributed by atoms with Crippen LogP contribution in [0.5, 0.6) is 0 Å².